The number of benzene rings is 3. The average Bonchev–Trinajstić information content (AvgIpc) is 2.89. The van der Waals surface area contributed by atoms with Gasteiger partial charge in [-0.25, -0.2) is 9.59 Å². The summed E-state index contributed by atoms with van der Waals surface area (Å²) in [5, 5.41) is 6.49. The van der Waals surface area contributed by atoms with Crippen molar-refractivity contribution < 1.29 is 23.8 Å². The smallest absolute Gasteiger partial charge is 0.338 e. The Morgan fingerprint density at radius 3 is 2.44 bits per heavy atom. The van der Waals surface area contributed by atoms with Crippen molar-refractivity contribution in [1.29, 1.82) is 0 Å². The summed E-state index contributed by atoms with van der Waals surface area (Å²) in [6.07, 6.45) is 0. The first-order valence-corrected chi connectivity index (χ1v) is 12.0. The molecular weight excluding hydrogens is 503 g/mol. The normalized spacial score (nSPS) is 15.1. The zero-order valence-electron chi connectivity index (χ0n) is 19.6. The van der Waals surface area contributed by atoms with E-state index in [1.807, 2.05) is 36.4 Å². The number of carbonyl (C=O) groups is 2. The van der Waals surface area contributed by atoms with Crippen molar-refractivity contribution in [2.24, 2.45) is 0 Å². The van der Waals surface area contributed by atoms with Crippen LogP contribution in [-0.4, -0.2) is 25.7 Å². The maximum Gasteiger partial charge on any atom is 0.338 e. The first kappa shape index (κ1) is 25.4. The monoisotopic (exact) mass is 526 g/mol. The molecule has 9 heteroatoms. The second kappa shape index (κ2) is 11.4. The number of hydrogen-bond donors (Lipinski definition) is 2. The van der Waals surface area contributed by atoms with E-state index >= 15 is 0 Å². The maximum absolute atomic E-state index is 13.1. The molecule has 0 spiro atoms. The topological polar surface area (TPSA) is 85.9 Å². The number of methoxy groups -OCH3 is 1. The lowest BCUT2D eigenvalue weighted by atomic mass is 9.92. The summed E-state index contributed by atoms with van der Waals surface area (Å²) in [7, 11) is 1.52. The molecule has 0 saturated heterocycles. The van der Waals surface area contributed by atoms with Crippen LogP contribution in [0, 0.1) is 0 Å². The van der Waals surface area contributed by atoms with Crippen molar-refractivity contribution in [2.75, 3.05) is 13.7 Å². The Bertz CT molecular complexity index is 1310. The summed E-state index contributed by atoms with van der Waals surface area (Å²) in [6.45, 7) is 2.16. The van der Waals surface area contributed by atoms with E-state index in [9.17, 15) is 9.59 Å². The first-order chi connectivity index (χ1) is 17.4. The summed E-state index contributed by atoms with van der Waals surface area (Å²) >= 11 is 12.1. The van der Waals surface area contributed by atoms with E-state index in [2.05, 4.69) is 10.6 Å². The average molecular weight is 527 g/mol. The second-order valence-corrected chi connectivity index (χ2v) is 8.67. The third-order valence-electron chi connectivity index (χ3n) is 5.53. The Kier molecular flexibility index (Phi) is 8.03. The predicted octanol–water partition coefficient (Wildman–Crippen LogP) is 5.91. The van der Waals surface area contributed by atoms with Crippen molar-refractivity contribution in [1.82, 2.24) is 10.6 Å². The fourth-order valence-electron chi connectivity index (χ4n) is 3.85. The van der Waals surface area contributed by atoms with Gasteiger partial charge < -0.3 is 24.8 Å². The number of rotatable bonds is 8. The van der Waals surface area contributed by atoms with Gasteiger partial charge >= 0.3 is 12.0 Å². The highest BCUT2D eigenvalue weighted by atomic mass is 35.5. The minimum atomic E-state index is -0.772. The van der Waals surface area contributed by atoms with Gasteiger partial charge in [-0.15, -0.1) is 0 Å². The molecule has 0 aromatic heterocycles. The van der Waals surface area contributed by atoms with Crippen LogP contribution in [0.25, 0.3) is 5.70 Å². The lowest BCUT2D eigenvalue weighted by Gasteiger charge is -2.30. The number of urea groups is 1. The van der Waals surface area contributed by atoms with Crippen molar-refractivity contribution in [3.05, 3.63) is 99.0 Å². The first-order valence-electron chi connectivity index (χ1n) is 11.2. The standard InChI is InChI=1S/C27H24Cl2N2O5/c1-3-35-26(32)23-24(17-7-5-4-6-8-17)30-27(33)31-25(23)18-10-12-21(22(14-18)34-2)36-15-16-9-11-19(28)20(29)13-16/h4-14,25H,3,15H2,1-2H3,(H2,30,31,33)/t25-/m1/s1. The molecule has 1 atom stereocenters. The molecule has 4 rings (SSSR count). The third kappa shape index (κ3) is 5.58. The molecule has 3 aromatic carbocycles. The number of esters is 1. The predicted molar refractivity (Wildman–Crippen MR) is 138 cm³/mol. The molecule has 0 saturated carbocycles. The van der Waals surface area contributed by atoms with E-state index in [-0.39, 0.29) is 18.8 Å². The highest BCUT2D eigenvalue weighted by Gasteiger charge is 2.34. The van der Waals surface area contributed by atoms with Crippen LogP contribution < -0.4 is 20.1 Å². The molecular formula is C27H24Cl2N2O5. The fourth-order valence-corrected chi connectivity index (χ4v) is 4.17. The van der Waals surface area contributed by atoms with Gasteiger partial charge in [-0.2, -0.15) is 0 Å². The summed E-state index contributed by atoms with van der Waals surface area (Å²) in [4.78, 5) is 25.7. The number of halogens is 2. The van der Waals surface area contributed by atoms with E-state index < -0.39 is 18.0 Å². The zero-order valence-corrected chi connectivity index (χ0v) is 21.2. The van der Waals surface area contributed by atoms with Crippen LogP contribution in [0.2, 0.25) is 10.0 Å². The van der Waals surface area contributed by atoms with Gasteiger partial charge in [0.2, 0.25) is 0 Å². The molecule has 36 heavy (non-hydrogen) atoms. The van der Waals surface area contributed by atoms with Crippen LogP contribution >= 0.6 is 23.2 Å². The molecule has 0 unspecified atom stereocenters. The summed E-state index contributed by atoms with van der Waals surface area (Å²) < 4.78 is 16.8. The van der Waals surface area contributed by atoms with Crippen LogP contribution in [0.15, 0.2) is 72.3 Å². The molecule has 0 aliphatic carbocycles. The molecule has 0 radical (unpaired) electrons. The van der Waals surface area contributed by atoms with Crippen LogP contribution in [-0.2, 0) is 16.1 Å². The molecule has 2 N–H and O–H groups in total. The van der Waals surface area contributed by atoms with Crippen molar-refractivity contribution >= 4 is 40.9 Å². The highest BCUT2D eigenvalue weighted by Crippen LogP contribution is 2.37. The van der Waals surface area contributed by atoms with Gasteiger partial charge in [0.15, 0.2) is 11.5 Å². The molecule has 3 aromatic rings. The number of amides is 2. The lowest BCUT2D eigenvalue weighted by molar-refractivity contribution is -0.138. The number of nitrogens with one attached hydrogen (secondary N) is 2. The molecule has 0 fully saturated rings. The van der Waals surface area contributed by atoms with Crippen LogP contribution in [0.4, 0.5) is 4.79 Å². The summed E-state index contributed by atoms with van der Waals surface area (Å²) in [6, 6.07) is 18.4. The van der Waals surface area contributed by atoms with Gasteiger partial charge in [0, 0.05) is 0 Å². The van der Waals surface area contributed by atoms with Crippen molar-refractivity contribution in [3.8, 4) is 11.5 Å². The molecule has 186 valence electrons. The van der Waals surface area contributed by atoms with Crippen molar-refractivity contribution in [3.63, 3.8) is 0 Å². The Morgan fingerprint density at radius 2 is 1.75 bits per heavy atom. The second-order valence-electron chi connectivity index (χ2n) is 7.85. The van der Waals surface area contributed by atoms with Crippen LogP contribution in [0.5, 0.6) is 11.5 Å². The third-order valence-corrected chi connectivity index (χ3v) is 6.27. The van der Waals surface area contributed by atoms with E-state index in [1.165, 1.54) is 7.11 Å². The van der Waals surface area contributed by atoms with Gasteiger partial charge in [0.25, 0.3) is 0 Å². The Labute approximate surface area is 219 Å². The van der Waals surface area contributed by atoms with Gasteiger partial charge in [-0.3, -0.25) is 0 Å². The molecule has 1 aliphatic heterocycles. The quantitative estimate of drug-likeness (QED) is 0.356. The number of carbonyl (C=O) groups excluding carboxylic acids is 2. The summed E-state index contributed by atoms with van der Waals surface area (Å²) in [5.74, 6) is 0.384. The minimum absolute atomic E-state index is 0.190. The Morgan fingerprint density at radius 1 is 0.972 bits per heavy atom. The maximum atomic E-state index is 13.1. The fraction of sp³-hybridized carbons (Fsp3) is 0.185. The van der Waals surface area contributed by atoms with Gasteiger partial charge in [-0.1, -0.05) is 65.7 Å². The van der Waals surface area contributed by atoms with E-state index in [0.29, 0.717) is 38.4 Å². The number of hydrogen-bond acceptors (Lipinski definition) is 5. The SMILES string of the molecule is CCOC(=O)C1=C(c2ccccc2)NC(=O)N[C@@H]1c1ccc(OCc2ccc(Cl)c(Cl)c2)c(OC)c1. The Balaban J connectivity index is 1.69. The van der Waals surface area contributed by atoms with Gasteiger partial charge in [0.1, 0.15) is 6.61 Å². The molecule has 7 nitrogen and oxygen atoms in total. The molecule has 1 heterocycles. The van der Waals surface area contributed by atoms with Crippen LogP contribution in [0.3, 0.4) is 0 Å². The number of ether oxygens (including phenoxy) is 3. The Hall–Kier alpha value is -3.68. The lowest BCUT2D eigenvalue weighted by Crippen LogP contribution is -2.45. The molecule has 1 aliphatic rings. The largest absolute Gasteiger partial charge is 0.493 e. The van der Waals surface area contributed by atoms with E-state index in [1.54, 1.807) is 37.3 Å². The minimum Gasteiger partial charge on any atom is -0.493 e. The van der Waals surface area contributed by atoms with E-state index in [4.69, 9.17) is 37.4 Å². The van der Waals surface area contributed by atoms with E-state index in [0.717, 1.165) is 5.56 Å². The molecule has 2 amide bonds. The van der Waals surface area contributed by atoms with Crippen molar-refractivity contribution in [2.45, 2.75) is 19.6 Å². The van der Waals surface area contributed by atoms with Gasteiger partial charge in [-0.05, 0) is 47.9 Å². The van der Waals surface area contributed by atoms with Gasteiger partial charge in [0.05, 0.1) is 41.1 Å². The zero-order chi connectivity index (χ0) is 25.7. The molecule has 0 bridgehead atoms. The highest BCUT2D eigenvalue weighted by molar-refractivity contribution is 6.42. The van der Waals surface area contributed by atoms with Crippen LogP contribution in [0.1, 0.15) is 29.7 Å². The summed E-state index contributed by atoms with van der Waals surface area (Å²) in [5.41, 5.74) is 2.83.